The number of hydrogen-bond acceptors (Lipinski definition) is 3. The molecule has 1 amide bonds. The van der Waals surface area contributed by atoms with E-state index < -0.39 is 0 Å². The van der Waals surface area contributed by atoms with Gasteiger partial charge in [-0.1, -0.05) is 44.2 Å². The van der Waals surface area contributed by atoms with E-state index in [1.54, 1.807) is 6.33 Å². The van der Waals surface area contributed by atoms with E-state index in [1.807, 2.05) is 22.8 Å². The Labute approximate surface area is 130 Å². The third-order valence-corrected chi connectivity index (χ3v) is 4.43. The first-order valence-electron chi connectivity index (χ1n) is 7.74. The van der Waals surface area contributed by atoms with Gasteiger partial charge in [0, 0.05) is 12.5 Å². The van der Waals surface area contributed by atoms with Gasteiger partial charge in [0.05, 0.1) is 6.54 Å². The molecule has 1 aromatic carbocycles. The van der Waals surface area contributed by atoms with Crippen LogP contribution in [0.25, 0.3) is 0 Å². The van der Waals surface area contributed by atoms with Gasteiger partial charge in [0.15, 0.2) is 5.82 Å². The Bertz CT molecular complexity index is 648. The highest BCUT2D eigenvalue weighted by Crippen LogP contribution is 2.51. The molecule has 0 unspecified atom stereocenters. The number of carbonyl (C=O) groups excluding carboxylic acids is 1. The molecule has 3 rings (SSSR count). The zero-order chi connectivity index (χ0) is 15.6. The van der Waals surface area contributed by atoms with Gasteiger partial charge in [-0.15, -0.1) is 10.2 Å². The molecule has 1 aromatic heterocycles. The molecular weight excluding hydrogens is 276 g/mol. The molecule has 1 fully saturated rings. The molecule has 0 spiro atoms. The molecule has 0 aliphatic heterocycles. The molecule has 1 saturated carbocycles. The summed E-state index contributed by atoms with van der Waals surface area (Å²) in [5.74, 6) is 1.08. The van der Waals surface area contributed by atoms with Gasteiger partial charge >= 0.3 is 0 Å². The minimum Gasteiger partial charge on any atom is -0.349 e. The fourth-order valence-corrected chi connectivity index (χ4v) is 2.70. The minimum atomic E-state index is 0.127. The first-order chi connectivity index (χ1) is 10.6. The van der Waals surface area contributed by atoms with Crippen LogP contribution in [0.1, 0.15) is 31.7 Å². The summed E-state index contributed by atoms with van der Waals surface area (Å²) in [6.45, 7) is 5.51. The summed E-state index contributed by atoms with van der Waals surface area (Å²) in [7, 11) is 0. The van der Waals surface area contributed by atoms with Crippen molar-refractivity contribution in [2.75, 3.05) is 0 Å². The highest BCUT2D eigenvalue weighted by atomic mass is 16.2. The van der Waals surface area contributed by atoms with Crippen LogP contribution < -0.4 is 5.32 Å². The lowest BCUT2D eigenvalue weighted by Crippen LogP contribution is -2.27. The number of amides is 1. The molecule has 1 atom stereocenters. The van der Waals surface area contributed by atoms with E-state index >= 15 is 0 Å². The molecule has 0 saturated heterocycles. The van der Waals surface area contributed by atoms with Gasteiger partial charge in [-0.05, 0) is 23.8 Å². The second-order valence-corrected chi connectivity index (χ2v) is 6.64. The average Bonchev–Trinajstić information content (AvgIpc) is 2.95. The van der Waals surface area contributed by atoms with E-state index in [0.29, 0.717) is 6.54 Å². The molecule has 1 N–H and O–H groups in total. The number of nitrogens with one attached hydrogen (secondary N) is 1. The molecule has 5 heteroatoms. The van der Waals surface area contributed by atoms with Crippen molar-refractivity contribution < 1.29 is 4.79 Å². The number of benzene rings is 1. The quantitative estimate of drug-likeness (QED) is 0.889. The van der Waals surface area contributed by atoms with E-state index in [1.165, 1.54) is 5.56 Å². The second-order valence-electron chi connectivity index (χ2n) is 6.64. The van der Waals surface area contributed by atoms with Gasteiger partial charge < -0.3 is 9.88 Å². The highest BCUT2D eigenvalue weighted by Gasteiger charge is 2.50. The Morgan fingerprint density at radius 1 is 1.36 bits per heavy atom. The summed E-state index contributed by atoms with van der Waals surface area (Å²) < 4.78 is 2.01. The Kier molecular flexibility index (Phi) is 3.96. The zero-order valence-electron chi connectivity index (χ0n) is 13.1. The van der Waals surface area contributed by atoms with Crippen LogP contribution in [0.3, 0.4) is 0 Å². The van der Waals surface area contributed by atoms with Crippen molar-refractivity contribution in [1.82, 2.24) is 20.1 Å². The molecule has 0 bridgehead atoms. The minimum absolute atomic E-state index is 0.127. The number of rotatable bonds is 6. The Morgan fingerprint density at radius 3 is 2.77 bits per heavy atom. The SMILES string of the molecule is CC1(C)C[C@@H]1C(=O)NCc1nncn1CCc1ccccc1. The lowest BCUT2D eigenvalue weighted by molar-refractivity contribution is -0.123. The topological polar surface area (TPSA) is 59.8 Å². The predicted molar refractivity (Wildman–Crippen MR) is 83.9 cm³/mol. The molecule has 1 aliphatic carbocycles. The Hall–Kier alpha value is -2.17. The van der Waals surface area contributed by atoms with E-state index in [0.717, 1.165) is 25.2 Å². The van der Waals surface area contributed by atoms with Gasteiger partial charge in [0.2, 0.25) is 5.91 Å². The number of aryl methyl sites for hydroxylation is 2. The van der Waals surface area contributed by atoms with Crippen molar-refractivity contribution in [2.24, 2.45) is 11.3 Å². The van der Waals surface area contributed by atoms with Crippen molar-refractivity contribution in [1.29, 1.82) is 0 Å². The van der Waals surface area contributed by atoms with Crippen molar-refractivity contribution in [2.45, 2.75) is 39.8 Å². The molecule has 1 aliphatic rings. The monoisotopic (exact) mass is 298 g/mol. The smallest absolute Gasteiger partial charge is 0.224 e. The molecular formula is C17H22N4O. The molecule has 0 radical (unpaired) electrons. The summed E-state index contributed by atoms with van der Waals surface area (Å²) >= 11 is 0. The average molecular weight is 298 g/mol. The lowest BCUT2D eigenvalue weighted by Gasteiger charge is -2.09. The summed E-state index contributed by atoms with van der Waals surface area (Å²) in [6.07, 6.45) is 3.63. The van der Waals surface area contributed by atoms with Gasteiger partial charge in [-0.25, -0.2) is 0 Å². The first-order valence-corrected chi connectivity index (χ1v) is 7.74. The van der Waals surface area contributed by atoms with E-state index in [9.17, 15) is 4.79 Å². The first kappa shape index (κ1) is 14.8. The Morgan fingerprint density at radius 2 is 2.09 bits per heavy atom. The zero-order valence-corrected chi connectivity index (χ0v) is 13.1. The van der Waals surface area contributed by atoms with Crippen LogP contribution in [0.5, 0.6) is 0 Å². The van der Waals surface area contributed by atoms with Gasteiger partial charge in [0.1, 0.15) is 6.33 Å². The molecule has 22 heavy (non-hydrogen) atoms. The van der Waals surface area contributed by atoms with Crippen molar-refractivity contribution >= 4 is 5.91 Å². The third kappa shape index (κ3) is 3.35. The fraction of sp³-hybridized carbons (Fsp3) is 0.471. The second kappa shape index (κ2) is 5.91. The molecule has 2 aromatic rings. The van der Waals surface area contributed by atoms with Crippen LogP contribution in [0.2, 0.25) is 0 Å². The van der Waals surface area contributed by atoms with Crippen molar-refractivity contribution in [3.63, 3.8) is 0 Å². The van der Waals surface area contributed by atoms with E-state index in [-0.39, 0.29) is 17.2 Å². The molecule has 5 nitrogen and oxygen atoms in total. The predicted octanol–water partition coefficient (Wildman–Crippen LogP) is 2.18. The van der Waals surface area contributed by atoms with Crippen LogP contribution in [0.15, 0.2) is 36.7 Å². The van der Waals surface area contributed by atoms with Crippen LogP contribution >= 0.6 is 0 Å². The van der Waals surface area contributed by atoms with Gasteiger partial charge in [0.25, 0.3) is 0 Å². The van der Waals surface area contributed by atoms with Gasteiger partial charge in [-0.3, -0.25) is 4.79 Å². The summed E-state index contributed by atoms with van der Waals surface area (Å²) in [5, 5.41) is 11.1. The maximum absolute atomic E-state index is 12.0. The third-order valence-electron chi connectivity index (χ3n) is 4.43. The van der Waals surface area contributed by atoms with Crippen LogP contribution in [-0.4, -0.2) is 20.7 Å². The molecule has 1 heterocycles. The Balaban J connectivity index is 1.53. The lowest BCUT2D eigenvalue weighted by atomic mass is 10.1. The number of aromatic nitrogens is 3. The van der Waals surface area contributed by atoms with Crippen LogP contribution in [0, 0.1) is 11.3 Å². The van der Waals surface area contributed by atoms with E-state index in [4.69, 9.17) is 0 Å². The van der Waals surface area contributed by atoms with E-state index in [2.05, 4.69) is 41.5 Å². The van der Waals surface area contributed by atoms with Crippen molar-refractivity contribution in [3.8, 4) is 0 Å². The van der Waals surface area contributed by atoms with Gasteiger partial charge in [-0.2, -0.15) is 0 Å². The van der Waals surface area contributed by atoms with Crippen molar-refractivity contribution in [3.05, 3.63) is 48.0 Å². The standard InChI is InChI=1S/C17H22N4O/c1-17(2)10-14(17)16(22)18-11-15-20-19-12-21(15)9-8-13-6-4-3-5-7-13/h3-7,12,14H,8-11H2,1-2H3,(H,18,22)/t14-/m1/s1. The number of carbonyl (C=O) groups is 1. The normalized spacial score (nSPS) is 18.9. The highest BCUT2D eigenvalue weighted by molar-refractivity contribution is 5.82. The maximum Gasteiger partial charge on any atom is 0.224 e. The van der Waals surface area contributed by atoms with Crippen LogP contribution in [0.4, 0.5) is 0 Å². The maximum atomic E-state index is 12.0. The fourth-order valence-electron chi connectivity index (χ4n) is 2.70. The summed E-state index contributed by atoms with van der Waals surface area (Å²) in [5.41, 5.74) is 1.44. The number of hydrogen-bond donors (Lipinski definition) is 1. The number of nitrogens with zero attached hydrogens (tertiary/aromatic N) is 3. The summed E-state index contributed by atoms with van der Waals surface area (Å²) in [6, 6.07) is 10.3. The molecule has 116 valence electrons. The van der Waals surface area contributed by atoms with Crippen LogP contribution in [-0.2, 0) is 24.3 Å². The summed E-state index contributed by atoms with van der Waals surface area (Å²) in [4.78, 5) is 12.0. The largest absolute Gasteiger partial charge is 0.349 e.